The van der Waals surface area contributed by atoms with Crippen LogP contribution in [0.4, 0.5) is 11.4 Å². The highest BCUT2D eigenvalue weighted by Gasteiger charge is 2.28. The zero-order chi connectivity index (χ0) is 15.4. The molecule has 0 bridgehead atoms. The molecule has 5 heteroatoms. The molecule has 1 atom stereocenters. The van der Waals surface area contributed by atoms with Crippen LogP contribution in [0.25, 0.3) is 0 Å². The van der Waals surface area contributed by atoms with E-state index in [0.29, 0.717) is 17.1 Å². The smallest absolute Gasteiger partial charge is 0.241 e. The number of hydrogen-bond acceptors (Lipinski definition) is 4. The molecule has 116 valence electrons. The Morgan fingerprint density at radius 1 is 1.52 bits per heavy atom. The normalized spacial score (nSPS) is 15.8. The van der Waals surface area contributed by atoms with Gasteiger partial charge in [0, 0.05) is 18.3 Å². The maximum atomic E-state index is 12.4. The highest BCUT2D eigenvalue weighted by Crippen LogP contribution is 2.31. The molecule has 21 heavy (non-hydrogen) atoms. The van der Waals surface area contributed by atoms with Gasteiger partial charge in [0.15, 0.2) is 0 Å². The Morgan fingerprint density at radius 3 is 2.81 bits per heavy atom. The van der Waals surface area contributed by atoms with Crippen molar-refractivity contribution in [2.75, 3.05) is 31.2 Å². The van der Waals surface area contributed by atoms with Crippen molar-refractivity contribution in [1.82, 2.24) is 4.90 Å². The van der Waals surface area contributed by atoms with Crippen LogP contribution in [0.2, 0.25) is 0 Å². The van der Waals surface area contributed by atoms with Crippen LogP contribution >= 0.6 is 0 Å². The molecule has 1 aliphatic carbocycles. The van der Waals surface area contributed by atoms with E-state index in [0.717, 1.165) is 19.0 Å². The predicted octanol–water partition coefficient (Wildman–Crippen LogP) is 2.34. The van der Waals surface area contributed by atoms with Crippen LogP contribution in [0.5, 0.6) is 5.75 Å². The summed E-state index contributed by atoms with van der Waals surface area (Å²) in [6, 6.07) is 5.08. The lowest BCUT2D eigenvalue weighted by molar-refractivity contribution is -0.120. The van der Waals surface area contributed by atoms with Crippen LogP contribution in [-0.4, -0.2) is 37.0 Å². The van der Waals surface area contributed by atoms with Crippen molar-refractivity contribution in [1.29, 1.82) is 0 Å². The number of hydrogen-bond donors (Lipinski definition) is 2. The number of carbonyl (C=O) groups is 1. The topological polar surface area (TPSA) is 67.6 Å². The molecule has 1 aromatic carbocycles. The molecule has 1 amide bonds. The van der Waals surface area contributed by atoms with Crippen molar-refractivity contribution in [2.24, 2.45) is 5.92 Å². The summed E-state index contributed by atoms with van der Waals surface area (Å²) in [5.41, 5.74) is 7.00. The van der Waals surface area contributed by atoms with Crippen LogP contribution in [-0.2, 0) is 4.79 Å². The van der Waals surface area contributed by atoms with Gasteiger partial charge in [-0.2, -0.15) is 0 Å². The van der Waals surface area contributed by atoms with E-state index >= 15 is 0 Å². The molecule has 1 saturated carbocycles. The van der Waals surface area contributed by atoms with Gasteiger partial charge in [-0.3, -0.25) is 9.69 Å². The second-order valence-electron chi connectivity index (χ2n) is 5.66. The van der Waals surface area contributed by atoms with Crippen molar-refractivity contribution in [3.8, 4) is 5.75 Å². The maximum Gasteiger partial charge on any atom is 0.241 e. The molecule has 1 aromatic rings. The standard InChI is InChI=1S/C16H25N3O2/c1-4-19(10-12-5-6-12)11(2)16(20)18-14-8-7-13(17)9-15(14)21-3/h7-9,11-12H,4-6,10,17H2,1-3H3,(H,18,20). The fourth-order valence-corrected chi connectivity index (χ4v) is 2.41. The Bertz CT molecular complexity index is 500. The molecule has 0 saturated heterocycles. The lowest BCUT2D eigenvalue weighted by Gasteiger charge is -2.27. The van der Waals surface area contributed by atoms with Gasteiger partial charge in [0.25, 0.3) is 0 Å². The van der Waals surface area contributed by atoms with Crippen molar-refractivity contribution < 1.29 is 9.53 Å². The molecule has 1 unspecified atom stereocenters. The first-order valence-corrected chi connectivity index (χ1v) is 7.53. The lowest BCUT2D eigenvalue weighted by atomic mass is 10.2. The summed E-state index contributed by atoms with van der Waals surface area (Å²) in [5.74, 6) is 1.34. The molecule has 0 radical (unpaired) electrons. The van der Waals surface area contributed by atoms with Gasteiger partial charge in [-0.05, 0) is 44.4 Å². The van der Waals surface area contributed by atoms with Gasteiger partial charge < -0.3 is 15.8 Å². The van der Waals surface area contributed by atoms with Crippen molar-refractivity contribution in [3.63, 3.8) is 0 Å². The number of ether oxygens (including phenoxy) is 1. The maximum absolute atomic E-state index is 12.4. The highest BCUT2D eigenvalue weighted by molar-refractivity contribution is 5.96. The van der Waals surface area contributed by atoms with Gasteiger partial charge in [-0.15, -0.1) is 0 Å². The second-order valence-corrected chi connectivity index (χ2v) is 5.66. The number of anilines is 2. The molecule has 0 aromatic heterocycles. The number of nitrogens with two attached hydrogens (primary N) is 1. The summed E-state index contributed by atoms with van der Waals surface area (Å²) >= 11 is 0. The molecule has 3 N–H and O–H groups in total. The number of carbonyl (C=O) groups excluding carboxylic acids is 1. The molecule has 1 fully saturated rings. The number of benzene rings is 1. The minimum atomic E-state index is -0.155. The second kappa shape index (κ2) is 6.80. The first kappa shape index (κ1) is 15.6. The van der Waals surface area contributed by atoms with Gasteiger partial charge in [0.1, 0.15) is 5.75 Å². The number of nitrogens with one attached hydrogen (secondary N) is 1. The summed E-state index contributed by atoms with van der Waals surface area (Å²) < 4.78 is 5.26. The molecular formula is C16H25N3O2. The van der Waals surface area contributed by atoms with Crippen molar-refractivity contribution in [2.45, 2.75) is 32.7 Å². The average molecular weight is 291 g/mol. The number of likely N-dealkylation sites (N-methyl/N-ethyl adjacent to an activating group) is 1. The number of nitrogens with zero attached hydrogens (tertiary/aromatic N) is 1. The van der Waals surface area contributed by atoms with E-state index in [1.807, 2.05) is 6.92 Å². The molecule has 0 spiro atoms. The Labute approximate surface area is 126 Å². The largest absolute Gasteiger partial charge is 0.494 e. The van der Waals surface area contributed by atoms with Crippen LogP contribution in [0, 0.1) is 5.92 Å². The van der Waals surface area contributed by atoms with Crippen molar-refractivity contribution in [3.05, 3.63) is 18.2 Å². The Kier molecular flexibility index (Phi) is 5.07. The minimum Gasteiger partial charge on any atom is -0.494 e. The van der Waals surface area contributed by atoms with Crippen LogP contribution in [0.1, 0.15) is 26.7 Å². The summed E-state index contributed by atoms with van der Waals surface area (Å²) in [4.78, 5) is 14.6. The molecule has 5 nitrogen and oxygen atoms in total. The zero-order valence-electron chi connectivity index (χ0n) is 13.1. The van der Waals surface area contributed by atoms with Gasteiger partial charge in [0.05, 0.1) is 18.8 Å². The van der Waals surface area contributed by atoms with Gasteiger partial charge in [-0.25, -0.2) is 0 Å². The Morgan fingerprint density at radius 2 is 2.24 bits per heavy atom. The fraction of sp³-hybridized carbons (Fsp3) is 0.562. The van der Waals surface area contributed by atoms with E-state index in [4.69, 9.17) is 10.5 Å². The monoisotopic (exact) mass is 291 g/mol. The summed E-state index contributed by atoms with van der Waals surface area (Å²) in [6.07, 6.45) is 2.58. The quantitative estimate of drug-likeness (QED) is 0.757. The first-order chi connectivity index (χ1) is 10.0. The molecule has 1 aliphatic rings. The SMILES string of the molecule is CCN(CC1CC1)C(C)C(=O)Nc1ccc(N)cc1OC. The Hall–Kier alpha value is -1.75. The highest BCUT2D eigenvalue weighted by atomic mass is 16.5. The number of rotatable bonds is 7. The van der Waals surface area contributed by atoms with Gasteiger partial charge >= 0.3 is 0 Å². The molecule has 0 aliphatic heterocycles. The third-order valence-corrected chi connectivity index (χ3v) is 4.01. The molecular weight excluding hydrogens is 266 g/mol. The van der Waals surface area contributed by atoms with Crippen LogP contribution < -0.4 is 15.8 Å². The van der Waals surface area contributed by atoms with Gasteiger partial charge in [-0.1, -0.05) is 6.92 Å². The average Bonchev–Trinajstić information content (AvgIpc) is 3.29. The van der Waals surface area contributed by atoms with Crippen LogP contribution in [0.3, 0.4) is 0 Å². The summed E-state index contributed by atoms with van der Waals surface area (Å²) in [5, 5.41) is 2.94. The summed E-state index contributed by atoms with van der Waals surface area (Å²) in [6.45, 7) is 5.93. The molecule has 2 rings (SSSR count). The van der Waals surface area contributed by atoms with E-state index in [2.05, 4.69) is 17.1 Å². The van der Waals surface area contributed by atoms with Crippen LogP contribution in [0.15, 0.2) is 18.2 Å². The number of amides is 1. The number of nitrogen functional groups attached to an aromatic ring is 1. The van der Waals surface area contributed by atoms with E-state index in [9.17, 15) is 4.79 Å². The predicted molar refractivity (Wildman–Crippen MR) is 85.5 cm³/mol. The third-order valence-electron chi connectivity index (χ3n) is 4.01. The van der Waals surface area contributed by atoms with E-state index in [1.165, 1.54) is 12.8 Å². The molecule has 0 heterocycles. The minimum absolute atomic E-state index is 0.0134. The fourth-order valence-electron chi connectivity index (χ4n) is 2.41. The van der Waals surface area contributed by atoms with E-state index in [1.54, 1.807) is 25.3 Å². The third kappa shape index (κ3) is 4.11. The lowest BCUT2D eigenvalue weighted by Crippen LogP contribution is -2.43. The van der Waals surface area contributed by atoms with Crippen molar-refractivity contribution >= 4 is 17.3 Å². The van der Waals surface area contributed by atoms with Gasteiger partial charge in [0.2, 0.25) is 5.91 Å². The Balaban J connectivity index is 2.02. The number of methoxy groups -OCH3 is 1. The zero-order valence-corrected chi connectivity index (χ0v) is 13.1. The van der Waals surface area contributed by atoms with E-state index in [-0.39, 0.29) is 11.9 Å². The first-order valence-electron chi connectivity index (χ1n) is 7.53. The van der Waals surface area contributed by atoms with E-state index < -0.39 is 0 Å². The summed E-state index contributed by atoms with van der Waals surface area (Å²) in [7, 11) is 1.57.